The van der Waals surface area contributed by atoms with Crippen molar-refractivity contribution < 1.29 is 9.53 Å². The summed E-state index contributed by atoms with van der Waals surface area (Å²) in [5.41, 5.74) is 0.515. The van der Waals surface area contributed by atoms with E-state index in [-0.39, 0.29) is 5.91 Å². The first-order chi connectivity index (χ1) is 15.7. The number of hydrogen-bond donors (Lipinski definition) is 2. The summed E-state index contributed by atoms with van der Waals surface area (Å²) in [6.07, 6.45) is 19.8. The van der Waals surface area contributed by atoms with Crippen LogP contribution < -0.4 is 15.4 Å². The molecule has 4 nitrogen and oxygen atoms in total. The molecule has 1 aromatic rings. The van der Waals surface area contributed by atoms with Crippen LogP contribution in [0, 0.1) is 0 Å². The average molecular weight is 463 g/mol. The summed E-state index contributed by atoms with van der Waals surface area (Å²) in [6, 6.07) is 7.28. The predicted molar refractivity (Wildman–Crippen MR) is 141 cm³/mol. The van der Waals surface area contributed by atoms with Gasteiger partial charge in [-0.05, 0) is 37.2 Å². The lowest BCUT2D eigenvalue weighted by Gasteiger charge is -2.12. The Morgan fingerprint density at radius 3 is 1.88 bits per heavy atom. The Kier molecular flexibility index (Phi) is 17.8. The largest absolute Gasteiger partial charge is 0.493 e. The highest BCUT2D eigenvalue weighted by Gasteiger charge is 2.13. The number of thiocarbonyl (C=S) groups is 1. The molecule has 182 valence electrons. The third-order valence-electron chi connectivity index (χ3n) is 5.64. The van der Waals surface area contributed by atoms with Crippen LogP contribution in [0.25, 0.3) is 0 Å². The standard InChI is InChI=1S/C27H46N2O2S/c1-3-5-6-7-8-9-10-11-12-13-14-15-16-19-22-28-27(32)29-26(30)24-20-17-18-21-25(24)31-23-4-2/h17-18,20-21H,3-16,19,22-23H2,1-2H3,(H2,28,29,30,32). The summed E-state index contributed by atoms with van der Waals surface area (Å²) in [6.45, 7) is 5.70. The molecule has 0 aliphatic carbocycles. The van der Waals surface area contributed by atoms with Gasteiger partial charge in [0.05, 0.1) is 12.2 Å². The Morgan fingerprint density at radius 1 is 0.781 bits per heavy atom. The van der Waals surface area contributed by atoms with Crippen LogP contribution in [-0.2, 0) is 0 Å². The molecule has 32 heavy (non-hydrogen) atoms. The van der Waals surface area contributed by atoms with Crippen molar-refractivity contribution in [2.75, 3.05) is 13.2 Å². The van der Waals surface area contributed by atoms with Crippen LogP contribution in [0.3, 0.4) is 0 Å². The van der Waals surface area contributed by atoms with Gasteiger partial charge in [-0.25, -0.2) is 0 Å². The molecule has 1 rings (SSSR count). The minimum absolute atomic E-state index is 0.227. The van der Waals surface area contributed by atoms with Gasteiger partial charge in [-0.1, -0.05) is 109 Å². The van der Waals surface area contributed by atoms with E-state index in [1.165, 1.54) is 83.5 Å². The lowest BCUT2D eigenvalue weighted by Crippen LogP contribution is -2.39. The molecule has 0 fully saturated rings. The van der Waals surface area contributed by atoms with Crippen molar-refractivity contribution in [2.24, 2.45) is 0 Å². The van der Waals surface area contributed by atoms with Gasteiger partial charge in [0, 0.05) is 6.54 Å². The molecule has 5 heteroatoms. The number of rotatable bonds is 19. The predicted octanol–water partition coefficient (Wildman–Crippen LogP) is 7.56. The van der Waals surface area contributed by atoms with E-state index < -0.39 is 0 Å². The summed E-state index contributed by atoms with van der Waals surface area (Å²) in [7, 11) is 0. The van der Waals surface area contributed by atoms with E-state index in [1.54, 1.807) is 6.07 Å². The first-order valence-corrected chi connectivity index (χ1v) is 13.4. The molecule has 0 saturated heterocycles. The Balaban J connectivity index is 1.99. The number of carbonyl (C=O) groups excluding carboxylic acids is 1. The van der Waals surface area contributed by atoms with Crippen LogP contribution in [0.5, 0.6) is 5.75 Å². The average Bonchev–Trinajstić information content (AvgIpc) is 2.80. The van der Waals surface area contributed by atoms with Crippen molar-refractivity contribution in [3.05, 3.63) is 29.8 Å². The van der Waals surface area contributed by atoms with Gasteiger partial charge in [-0.2, -0.15) is 0 Å². The zero-order valence-electron chi connectivity index (χ0n) is 20.6. The normalized spacial score (nSPS) is 10.7. The molecule has 0 aliphatic rings. The molecule has 0 heterocycles. The monoisotopic (exact) mass is 462 g/mol. The van der Waals surface area contributed by atoms with E-state index in [4.69, 9.17) is 17.0 Å². The van der Waals surface area contributed by atoms with E-state index in [0.717, 1.165) is 19.4 Å². The van der Waals surface area contributed by atoms with Crippen molar-refractivity contribution in [3.8, 4) is 5.75 Å². The summed E-state index contributed by atoms with van der Waals surface area (Å²) < 4.78 is 5.65. The number of nitrogens with one attached hydrogen (secondary N) is 2. The van der Waals surface area contributed by atoms with E-state index in [0.29, 0.717) is 23.0 Å². The van der Waals surface area contributed by atoms with Crippen LogP contribution in [0.2, 0.25) is 0 Å². The minimum Gasteiger partial charge on any atom is -0.493 e. The summed E-state index contributed by atoms with van der Waals surface area (Å²) in [5, 5.41) is 6.30. The fraction of sp³-hybridized carbons (Fsp3) is 0.704. The highest BCUT2D eigenvalue weighted by atomic mass is 32.1. The smallest absolute Gasteiger partial charge is 0.261 e. The lowest BCUT2D eigenvalue weighted by molar-refractivity contribution is 0.0972. The van der Waals surface area contributed by atoms with Crippen molar-refractivity contribution in [1.82, 2.24) is 10.6 Å². The van der Waals surface area contributed by atoms with Gasteiger partial charge in [0.2, 0.25) is 0 Å². The van der Waals surface area contributed by atoms with E-state index in [9.17, 15) is 4.79 Å². The number of para-hydroxylation sites is 1. The maximum atomic E-state index is 12.5. The first-order valence-electron chi connectivity index (χ1n) is 13.0. The van der Waals surface area contributed by atoms with Crippen LogP contribution in [0.1, 0.15) is 121 Å². The summed E-state index contributed by atoms with van der Waals surface area (Å²) >= 11 is 5.28. The van der Waals surface area contributed by atoms with Gasteiger partial charge in [0.25, 0.3) is 5.91 Å². The van der Waals surface area contributed by atoms with Gasteiger partial charge in [0.15, 0.2) is 5.11 Å². The lowest BCUT2D eigenvalue weighted by atomic mass is 10.0. The van der Waals surface area contributed by atoms with Crippen molar-refractivity contribution in [2.45, 2.75) is 110 Å². The van der Waals surface area contributed by atoms with Crippen LogP contribution in [0.4, 0.5) is 0 Å². The maximum Gasteiger partial charge on any atom is 0.261 e. The topological polar surface area (TPSA) is 50.4 Å². The molecule has 0 spiro atoms. The Hall–Kier alpha value is -1.62. The van der Waals surface area contributed by atoms with Crippen LogP contribution >= 0.6 is 12.2 Å². The number of hydrogen-bond acceptors (Lipinski definition) is 3. The highest BCUT2D eigenvalue weighted by molar-refractivity contribution is 7.80. The fourth-order valence-corrected chi connectivity index (χ4v) is 3.92. The number of benzene rings is 1. The third kappa shape index (κ3) is 14.4. The first kappa shape index (κ1) is 28.4. The fourth-order valence-electron chi connectivity index (χ4n) is 3.73. The maximum absolute atomic E-state index is 12.5. The number of unbranched alkanes of at least 4 members (excludes halogenated alkanes) is 13. The Bertz CT molecular complexity index is 621. The van der Waals surface area contributed by atoms with Gasteiger partial charge in [0.1, 0.15) is 5.75 Å². The molecular formula is C27H46N2O2S. The molecule has 0 radical (unpaired) electrons. The second-order valence-corrected chi connectivity index (χ2v) is 9.06. The van der Waals surface area contributed by atoms with Crippen molar-refractivity contribution in [3.63, 3.8) is 0 Å². The molecule has 0 aromatic heterocycles. The van der Waals surface area contributed by atoms with Gasteiger partial charge < -0.3 is 10.1 Å². The molecule has 2 N–H and O–H groups in total. The Morgan fingerprint density at radius 2 is 1.31 bits per heavy atom. The molecular weight excluding hydrogens is 416 g/mol. The van der Waals surface area contributed by atoms with Crippen LogP contribution in [-0.4, -0.2) is 24.2 Å². The number of carbonyl (C=O) groups is 1. The number of amides is 1. The van der Waals surface area contributed by atoms with E-state index >= 15 is 0 Å². The van der Waals surface area contributed by atoms with Gasteiger partial charge in [-0.3, -0.25) is 10.1 Å². The van der Waals surface area contributed by atoms with Gasteiger partial charge in [-0.15, -0.1) is 0 Å². The SMILES string of the molecule is CCCCCCCCCCCCCCCCNC(=S)NC(=O)c1ccccc1OCCC. The summed E-state index contributed by atoms with van der Waals surface area (Å²) in [4.78, 5) is 12.5. The second kappa shape index (κ2) is 20.0. The van der Waals surface area contributed by atoms with Crippen molar-refractivity contribution in [1.29, 1.82) is 0 Å². The zero-order chi connectivity index (χ0) is 23.3. The van der Waals surface area contributed by atoms with E-state index in [1.807, 2.05) is 25.1 Å². The number of ether oxygens (including phenoxy) is 1. The molecule has 1 aromatic carbocycles. The summed E-state index contributed by atoms with van der Waals surface area (Å²) in [5.74, 6) is 0.372. The highest BCUT2D eigenvalue weighted by Crippen LogP contribution is 2.18. The van der Waals surface area contributed by atoms with Crippen LogP contribution in [0.15, 0.2) is 24.3 Å². The molecule has 0 saturated carbocycles. The molecule has 0 bridgehead atoms. The van der Waals surface area contributed by atoms with Crippen molar-refractivity contribution >= 4 is 23.2 Å². The second-order valence-electron chi connectivity index (χ2n) is 8.65. The molecule has 0 aliphatic heterocycles. The molecule has 0 unspecified atom stereocenters. The third-order valence-corrected chi connectivity index (χ3v) is 5.88. The Labute approximate surface area is 202 Å². The quantitative estimate of drug-likeness (QED) is 0.164. The minimum atomic E-state index is -0.227. The van der Waals surface area contributed by atoms with E-state index in [2.05, 4.69) is 17.6 Å². The van der Waals surface area contributed by atoms with Gasteiger partial charge >= 0.3 is 0 Å². The molecule has 0 atom stereocenters. The zero-order valence-corrected chi connectivity index (χ0v) is 21.4. The molecule has 1 amide bonds.